The zero-order chi connectivity index (χ0) is 20.9. The molecule has 1 N–H and O–H groups in total. The molecule has 1 aliphatic rings. The maximum Gasteiger partial charge on any atom is 0.241 e. The summed E-state index contributed by atoms with van der Waals surface area (Å²) in [7, 11) is 0. The Balaban J connectivity index is 1.25. The van der Waals surface area contributed by atoms with Gasteiger partial charge < -0.3 is 9.84 Å². The van der Waals surface area contributed by atoms with E-state index in [9.17, 15) is 4.79 Å². The minimum atomic E-state index is 0.0405. The summed E-state index contributed by atoms with van der Waals surface area (Å²) in [5, 5.41) is 7.87. The Morgan fingerprint density at radius 1 is 1.17 bits per heavy atom. The van der Waals surface area contributed by atoms with Crippen LogP contribution >= 0.6 is 11.6 Å². The van der Waals surface area contributed by atoms with Gasteiger partial charge >= 0.3 is 0 Å². The average Bonchev–Trinajstić information content (AvgIpc) is 3.22. The summed E-state index contributed by atoms with van der Waals surface area (Å²) in [6, 6.07) is 15.5. The fraction of sp³-hybridized carbons (Fsp3) is 0.348. The van der Waals surface area contributed by atoms with Crippen molar-refractivity contribution in [3.8, 4) is 11.4 Å². The summed E-state index contributed by atoms with van der Waals surface area (Å²) in [4.78, 5) is 19.3. The Kier molecular flexibility index (Phi) is 6.45. The molecule has 0 aliphatic carbocycles. The fourth-order valence-corrected chi connectivity index (χ4v) is 3.86. The maximum absolute atomic E-state index is 12.5. The second kappa shape index (κ2) is 9.41. The number of piperidine rings is 1. The highest BCUT2D eigenvalue weighted by atomic mass is 35.5. The number of likely N-dealkylation sites (tertiary alicyclic amines) is 1. The van der Waals surface area contributed by atoms with Crippen LogP contribution in [0.1, 0.15) is 29.9 Å². The summed E-state index contributed by atoms with van der Waals surface area (Å²) in [5.41, 5.74) is 3.16. The Labute approximate surface area is 181 Å². The predicted molar refractivity (Wildman–Crippen MR) is 116 cm³/mol. The summed E-state index contributed by atoms with van der Waals surface area (Å²) in [6.45, 7) is 4.84. The molecule has 1 amide bonds. The van der Waals surface area contributed by atoms with Gasteiger partial charge in [0.15, 0.2) is 0 Å². The standard InChI is InChI=1S/C23H25ClN4O2/c1-16-4-2-3-5-20(16)22-26-21(30-27-22)15-28-12-10-18(11-13-28)23(29)25-14-17-6-8-19(24)9-7-17/h2-9,18H,10-15H2,1H3,(H,25,29). The van der Waals surface area contributed by atoms with Crippen LogP contribution in [0, 0.1) is 12.8 Å². The van der Waals surface area contributed by atoms with Crippen LogP contribution in [-0.4, -0.2) is 34.0 Å². The fourth-order valence-electron chi connectivity index (χ4n) is 3.73. The Morgan fingerprint density at radius 3 is 2.63 bits per heavy atom. The van der Waals surface area contributed by atoms with Gasteiger partial charge in [-0.05, 0) is 56.1 Å². The molecule has 3 aromatic rings. The number of aryl methyl sites for hydroxylation is 1. The zero-order valence-electron chi connectivity index (χ0n) is 17.0. The molecule has 1 fully saturated rings. The lowest BCUT2D eigenvalue weighted by atomic mass is 9.96. The van der Waals surface area contributed by atoms with Crippen LogP contribution in [0.2, 0.25) is 5.02 Å². The number of carbonyl (C=O) groups excluding carboxylic acids is 1. The van der Waals surface area contributed by atoms with Crippen molar-refractivity contribution >= 4 is 17.5 Å². The van der Waals surface area contributed by atoms with Gasteiger partial charge in [-0.2, -0.15) is 4.98 Å². The second-order valence-electron chi connectivity index (χ2n) is 7.72. The molecule has 1 saturated heterocycles. The number of rotatable bonds is 6. The third-order valence-electron chi connectivity index (χ3n) is 5.55. The van der Waals surface area contributed by atoms with Crippen LogP contribution in [-0.2, 0) is 17.9 Å². The van der Waals surface area contributed by atoms with Gasteiger partial charge in [-0.3, -0.25) is 9.69 Å². The highest BCUT2D eigenvalue weighted by Gasteiger charge is 2.26. The smallest absolute Gasteiger partial charge is 0.241 e. The average molecular weight is 425 g/mol. The lowest BCUT2D eigenvalue weighted by Gasteiger charge is -2.30. The largest absolute Gasteiger partial charge is 0.352 e. The molecule has 156 valence electrons. The molecule has 0 unspecified atom stereocenters. The minimum Gasteiger partial charge on any atom is -0.352 e. The number of nitrogens with one attached hydrogen (secondary N) is 1. The summed E-state index contributed by atoms with van der Waals surface area (Å²) in [5.74, 6) is 1.39. The number of benzene rings is 2. The lowest BCUT2D eigenvalue weighted by molar-refractivity contribution is -0.126. The molecule has 0 saturated carbocycles. The van der Waals surface area contributed by atoms with Crippen LogP contribution in [0.3, 0.4) is 0 Å². The Morgan fingerprint density at radius 2 is 1.90 bits per heavy atom. The normalized spacial score (nSPS) is 15.3. The predicted octanol–water partition coefficient (Wildman–Crippen LogP) is 4.23. The van der Waals surface area contributed by atoms with E-state index in [1.165, 1.54) is 0 Å². The van der Waals surface area contributed by atoms with Crippen molar-refractivity contribution in [1.29, 1.82) is 0 Å². The van der Waals surface area contributed by atoms with E-state index in [4.69, 9.17) is 16.1 Å². The van der Waals surface area contributed by atoms with Crippen LogP contribution in [0.25, 0.3) is 11.4 Å². The van der Waals surface area contributed by atoms with Crippen molar-refractivity contribution in [1.82, 2.24) is 20.4 Å². The summed E-state index contributed by atoms with van der Waals surface area (Å²) in [6.07, 6.45) is 1.65. The number of carbonyl (C=O) groups is 1. The van der Waals surface area contributed by atoms with Crippen LogP contribution in [0.15, 0.2) is 53.1 Å². The van der Waals surface area contributed by atoms with Crippen molar-refractivity contribution in [3.05, 3.63) is 70.6 Å². The number of hydrogen-bond donors (Lipinski definition) is 1. The quantitative estimate of drug-likeness (QED) is 0.641. The lowest BCUT2D eigenvalue weighted by Crippen LogP contribution is -2.40. The SMILES string of the molecule is Cc1ccccc1-c1noc(CN2CCC(C(=O)NCc3ccc(Cl)cc3)CC2)n1. The highest BCUT2D eigenvalue weighted by molar-refractivity contribution is 6.30. The molecule has 0 atom stereocenters. The zero-order valence-corrected chi connectivity index (χ0v) is 17.7. The second-order valence-corrected chi connectivity index (χ2v) is 8.16. The maximum atomic E-state index is 12.5. The minimum absolute atomic E-state index is 0.0405. The van der Waals surface area contributed by atoms with Gasteiger partial charge in [0, 0.05) is 23.0 Å². The molecule has 1 aromatic heterocycles. The monoisotopic (exact) mass is 424 g/mol. The molecule has 30 heavy (non-hydrogen) atoms. The highest BCUT2D eigenvalue weighted by Crippen LogP contribution is 2.22. The first kappa shape index (κ1) is 20.6. The van der Waals surface area contributed by atoms with Crippen molar-refractivity contribution in [3.63, 3.8) is 0 Å². The van der Waals surface area contributed by atoms with Crippen molar-refractivity contribution in [2.75, 3.05) is 13.1 Å². The van der Waals surface area contributed by atoms with Gasteiger partial charge in [-0.15, -0.1) is 0 Å². The van der Waals surface area contributed by atoms with E-state index in [1.807, 2.05) is 55.5 Å². The molecule has 0 spiro atoms. The van der Waals surface area contributed by atoms with Gasteiger partial charge in [0.1, 0.15) is 0 Å². The first-order chi connectivity index (χ1) is 14.6. The van der Waals surface area contributed by atoms with E-state index in [0.29, 0.717) is 29.8 Å². The molecule has 7 heteroatoms. The van der Waals surface area contributed by atoms with Gasteiger partial charge in [0.25, 0.3) is 0 Å². The molecule has 4 rings (SSSR count). The number of aromatic nitrogens is 2. The molecule has 2 aromatic carbocycles. The van der Waals surface area contributed by atoms with Gasteiger partial charge in [-0.1, -0.05) is 53.2 Å². The molecular weight excluding hydrogens is 400 g/mol. The van der Waals surface area contributed by atoms with E-state index in [0.717, 1.165) is 42.6 Å². The first-order valence-corrected chi connectivity index (χ1v) is 10.6. The number of hydrogen-bond acceptors (Lipinski definition) is 5. The van der Waals surface area contributed by atoms with Crippen LogP contribution in [0.4, 0.5) is 0 Å². The molecule has 1 aliphatic heterocycles. The topological polar surface area (TPSA) is 71.3 Å². The number of amides is 1. The van der Waals surface area contributed by atoms with Crippen molar-refractivity contribution in [2.24, 2.45) is 5.92 Å². The summed E-state index contributed by atoms with van der Waals surface area (Å²) >= 11 is 5.90. The third-order valence-corrected chi connectivity index (χ3v) is 5.80. The van der Waals surface area contributed by atoms with Gasteiger partial charge in [-0.25, -0.2) is 0 Å². The molecule has 0 radical (unpaired) electrons. The van der Waals surface area contributed by atoms with Crippen LogP contribution < -0.4 is 5.32 Å². The molecule has 2 heterocycles. The Hall–Kier alpha value is -2.70. The van der Waals surface area contributed by atoms with Gasteiger partial charge in [0.2, 0.25) is 17.6 Å². The number of halogens is 1. The third kappa shape index (κ3) is 5.07. The molecule has 0 bridgehead atoms. The van der Waals surface area contributed by atoms with Crippen LogP contribution in [0.5, 0.6) is 0 Å². The number of nitrogens with zero attached hydrogens (tertiary/aromatic N) is 3. The Bertz CT molecular complexity index is 994. The van der Waals surface area contributed by atoms with E-state index >= 15 is 0 Å². The van der Waals surface area contributed by atoms with E-state index in [1.54, 1.807) is 0 Å². The van der Waals surface area contributed by atoms with Gasteiger partial charge in [0.05, 0.1) is 6.54 Å². The van der Waals surface area contributed by atoms with Crippen molar-refractivity contribution < 1.29 is 9.32 Å². The summed E-state index contributed by atoms with van der Waals surface area (Å²) < 4.78 is 5.46. The van der Waals surface area contributed by atoms with E-state index < -0.39 is 0 Å². The van der Waals surface area contributed by atoms with Crippen molar-refractivity contribution in [2.45, 2.75) is 32.9 Å². The first-order valence-electron chi connectivity index (χ1n) is 10.2. The molecule has 6 nitrogen and oxygen atoms in total. The molecular formula is C23H25ClN4O2. The van der Waals surface area contributed by atoms with E-state index in [2.05, 4.69) is 20.4 Å². The van der Waals surface area contributed by atoms with E-state index in [-0.39, 0.29) is 11.8 Å².